The van der Waals surface area contributed by atoms with Crippen LogP contribution in [-0.4, -0.2) is 5.11 Å². The molecule has 0 bridgehead atoms. The SMILES string of the molecule is C=C(C)C(O)c1cc(Br)ccc1Br. The van der Waals surface area contributed by atoms with Crippen molar-refractivity contribution in [2.45, 2.75) is 13.0 Å². The second-order valence-corrected chi connectivity index (χ2v) is 4.68. The zero-order chi connectivity index (χ0) is 10.0. The molecule has 0 saturated heterocycles. The fourth-order valence-corrected chi connectivity index (χ4v) is 1.83. The number of aliphatic hydroxyl groups excluding tert-OH is 1. The minimum atomic E-state index is -0.605. The highest BCUT2D eigenvalue weighted by atomic mass is 79.9. The van der Waals surface area contributed by atoms with Crippen LogP contribution in [0, 0.1) is 0 Å². The molecular weight excluding hydrogens is 296 g/mol. The van der Waals surface area contributed by atoms with E-state index in [-0.39, 0.29) is 0 Å². The van der Waals surface area contributed by atoms with Crippen molar-refractivity contribution in [3.8, 4) is 0 Å². The summed E-state index contributed by atoms with van der Waals surface area (Å²) in [6, 6.07) is 5.69. The number of hydrogen-bond donors (Lipinski definition) is 1. The van der Waals surface area contributed by atoms with Gasteiger partial charge in [0.15, 0.2) is 0 Å². The van der Waals surface area contributed by atoms with Crippen molar-refractivity contribution >= 4 is 31.9 Å². The van der Waals surface area contributed by atoms with Crippen LogP contribution in [0.2, 0.25) is 0 Å². The van der Waals surface area contributed by atoms with Crippen molar-refractivity contribution in [3.05, 3.63) is 44.9 Å². The Bertz CT molecular complexity index is 334. The van der Waals surface area contributed by atoms with Crippen LogP contribution in [-0.2, 0) is 0 Å². The van der Waals surface area contributed by atoms with Crippen LogP contribution in [0.1, 0.15) is 18.6 Å². The standard InChI is InChI=1S/C10H10Br2O/c1-6(2)10(13)8-5-7(11)3-4-9(8)12/h3-5,10,13H,1H2,2H3. The van der Waals surface area contributed by atoms with Gasteiger partial charge < -0.3 is 5.11 Å². The van der Waals surface area contributed by atoms with E-state index in [0.717, 1.165) is 20.1 Å². The normalized spacial score (nSPS) is 12.6. The quantitative estimate of drug-likeness (QED) is 0.824. The average Bonchev–Trinajstić information content (AvgIpc) is 2.08. The predicted octanol–water partition coefficient (Wildman–Crippen LogP) is 3.82. The summed E-state index contributed by atoms with van der Waals surface area (Å²) >= 11 is 6.73. The van der Waals surface area contributed by atoms with Gasteiger partial charge in [-0.15, -0.1) is 0 Å². The molecule has 0 saturated carbocycles. The van der Waals surface area contributed by atoms with Gasteiger partial charge in [-0.3, -0.25) is 0 Å². The van der Waals surface area contributed by atoms with Gasteiger partial charge in [-0.1, -0.05) is 38.4 Å². The molecule has 0 amide bonds. The van der Waals surface area contributed by atoms with Crippen molar-refractivity contribution in [3.63, 3.8) is 0 Å². The van der Waals surface area contributed by atoms with E-state index < -0.39 is 6.10 Å². The first-order chi connectivity index (χ1) is 6.02. The average molecular weight is 306 g/mol. The summed E-state index contributed by atoms with van der Waals surface area (Å²) in [4.78, 5) is 0. The Morgan fingerprint density at radius 2 is 2.08 bits per heavy atom. The first-order valence-corrected chi connectivity index (χ1v) is 5.39. The summed E-state index contributed by atoms with van der Waals surface area (Å²) < 4.78 is 1.84. The molecule has 3 heteroatoms. The third kappa shape index (κ3) is 2.66. The van der Waals surface area contributed by atoms with E-state index in [1.54, 1.807) is 6.92 Å². The maximum Gasteiger partial charge on any atom is 0.101 e. The topological polar surface area (TPSA) is 20.2 Å². The largest absolute Gasteiger partial charge is 0.384 e. The summed E-state index contributed by atoms with van der Waals surface area (Å²) in [6.07, 6.45) is -0.605. The van der Waals surface area contributed by atoms with Gasteiger partial charge in [-0.2, -0.15) is 0 Å². The molecule has 1 atom stereocenters. The minimum absolute atomic E-state index is 0.605. The smallest absolute Gasteiger partial charge is 0.101 e. The third-order valence-electron chi connectivity index (χ3n) is 1.72. The molecule has 1 rings (SSSR count). The minimum Gasteiger partial charge on any atom is -0.384 e. The molecule has 0 aliphatic heterocycles. The van der Waals surface area contributed by atoms with Crippen molar-refractivity contribution in [2.24, 2.45) is 0 Å². The highest BCUT2D eigenvalue weighted by Gasteiger charge is 2.11. The Kier molecular flexibility index (Phi) is 3.71. The molecular formula is C10H10Br2O. The van der Waals surface area contributed by atoms with Gasteiger partial charge >= 0.3 is 0 Å². The maximum absolute atomic E-state index is 9.75. The molecule has 0 heterocycles. The molecule has 0 radical (unpaired) electrons. The van der Waals surface area contributed by atoms with Gasteiger partial charge in [-0.25, -0.2) is 0 Å². The molecule has 13 heavy (non-hydrogen) atoms. The van der Waals surface area contributed by atoms with Gasteiger partial charge in [-0.05, 0) is 36.3 Å². The number of halogens is 2. The van der Waals surface area contributed by atoms with E-state index >= 15 is 0 Å². The Morgan fingerprint density at radius 3 is 2.62 bits per heavy atom. The molecule has 1 nitrogen and oxygen atoms in total. The van der Waals surface area contributed by atoms with E-state index in [0.29, 0.717) is 0 Å². The molecule has 70 valence electrons. The highest BCUT2D eigenvalue weighted by Crippen LogP contribution is 2.29. The summed E-state index contributed by atoms with van der Waals surface area (Å²) in [6.45, 7) is 5.52. The van der Waals surface area contributed by atoms with E-state index in [1.807, 2.05) is 18.2 Å². The maximum atomic E-state index is 9.75. The van der Waals surface area contributed by atoms with Gasteiger partial charge in [0, 0.05) is 8.95 Å². The lowest BCUT2D eigenvalue weighted by Crippen LogP contribution is -1.98. The molecule has 0 aromatic heterocycles. The fraction of sp³-hybridized carbons (Fsp3) is 0.200. The number of aliphatic hydroxyl groups is 1. The van der Waals surface area contributed by atoms with Crippen molar-refractivity contribution in [1.82, 2.24) is 0 Å². The van der Waals surface area contributed by atoms with Gasteiger partial charge in [0.25, 0.3) is 0 Å². The van der Waals surface area contributed by atoms with Gasteiger partial charge in [0.1, 0.15) is 6.10 Å². The molecule has 1 N–H and O–H groups in total. The Hall–Kier alpha value is -0.120. The van der Waals surface area contributed by atoms with Gasteiger partial charge in [0.05, 0.1) is 0 Å². The first kappa shape index (κ1) is 11.0. The van der Waals surface area contributed by atoms with E-state index in [2.05, 4.69) is 38.4 Å². The van der Waals surface area contributed by atoms with Gasteiger partial charge in [0.2, 0.25) is 0 Å². The Labute approximate surface area is 94.7 Å². The molecule has 0 aliphatic carbocycles. The monoisotopic (exact) mass is 304 g/mol. The van der Waals surface area contributed by atoms with E-state index in [4.69, 9.17) is 0 Å². The Balaban J connectivity index is 3.12. The molecule has 0 fully saturated rings. The van der Waals surface area contributed by atoms with Crippen LogP contribution in [0.25, 0.3) is 0 Å². The zero-order valence-electron chi connectivity index (χ0n) is 7.22. The van der Waals surface area contributed by atoms with Crippen LogP contribution in [0.3, 0.4) is 0 Å². The second-order valence-electron chi connectivity index (χ2n) is 2.91. The lowest BCUT2D eigenvalue weighted by molar-refractivity contribution is 0.215. The van der Waals surface area contributed by atoms with Crippen LogP contribution in [0.5, 0.6) is 0 Å². The second kappa shape index (κ2) is 4.40. The molecule has 1 unspecified atom stereocenters. The highest BCUT2D eigenvalue weighted by molar-refractivity contribution is 9.11. The summed E-state index contributed by atoms with van der Waals surface area (Å²) in [5.74, 6) is 0. The lowest BCUT2D eigenvalue weighted by Gasteiger charge is -2.12. The lowest BCUT2D eigenvalue weighted by atomic mass is 10.0. The fourth-order valence-electron chi connectivity index (χ4n) is 0.990. The van der Waals surface area contributed by atoms with Crippen molar-refractivity contribution in [2.75, 3.05) is 0 Å². The number of benzene rings is 1. The van der Waals surface area contributed by atoms with E-state index in [1.165, 1.54) is 0 Å². The van der Waals surface area contributed by atoms with Crippen molar-refractivity contribution in [1.29, 1.82) is 0 Å². The molecule has 0 aliphatic rings. The summed E-state index contributed by atoms with van der Waals surface area (Å²) in [5.41, 5.74) is 1.57. The molecule has 0 spiro atoms. The molecule has 1 aromatic carbocycles. The van der Waals surface area contributed by atoms with Crippen LogP contribution in [0.15, 0.2) is 39.3 Å². The number of hydrogen-bond acceptors (Lipinski definition) is 1. The third-order valence-corrected chi connectivity index (χ3v) is 2.93. The van der Waals surface area contributed by atoms with Crippen LogP contribution < -0.4 is 0 Å². The predicted molar refractivity (Wildman–Crippen MR) is 61.6 cm³/mol. The summed E-state index contributed by atoms with van der Waals surface area (Å²) in [5, 5.41) is 9.75. The molecule has 1 aromatic rings. The van der Waals surface area contributed by atoms with Crippen LogP contribution in [0.4, 0.5) is 0 Å². The van der Waals surface area contributed by atoms with Crippen molar-refractivity contribution < 1.29 is 5.11 Å². The first-order valence-electron chi connectivity index (χ1n) is 3.81. The zero-order valence-corrected chi connectivity index (χ0v) is 10.4. The number of rotatable bonds is 2. The Morgan fingerprint density at radius 1 is 1.46 bits per heavy atom. The van der Waals surface area contributed by atoms with Crippen LogP contribution >= 0.6 is 31.9 Å². The summed E-state index contributed by atoms with van der Waals surface area (Å²) in [7, 11) is 0. The van der Waals surface area contributed by atoms with E-state index in [9.17, 15) is 5.11 Å².